The van der Waals surface area contributed by atoms with Crippen molar-refractivity contribution in [2.75, 3.05) is 7.11 Å². The summed E-state index contributed by atoms with van der Waals surface area (Å²) in [6.07, 6.45) is 2.60. The predicted octanol–water partition coefficient (Wildman–Crippen LogP) is 1.94. The highest BCUT2D eigenvalue weighted by molar-refractivity contribution is 5.97. The minimum atomic E-state index is -0.133. The Hall–Kier alpha value is -1.84. The molecule has 1 saturated carbocycles. The standard InChI is InChI=1S/C14H17NO3/c1-18-13-5-3-2-4-12(13)14(17)15-10-6-8-11(16)9-7-10/h2-5,10H,6-9H2,1H3,(H,15,17). The van der Waals surface area contributed by atoms with Gasteiger partial charge < -0.3 is 10.1 Å². The van der Waals surface area contributed by atoms with Gasteiger partial charge in [-0.3, -0.25) is 9.59 Å². The van der Waals surface area contributed by atoms with Gasteiger partial charge in [-0.05, 0) is 25.0 Å². The number of para-hydroxylation sites is 1. The highest BCUT2D eigenvalue weighted by Crippen LogP contribution is 2.19. The van der Waals surface area contributed by atoms with Gasteiger partial charge in [0, 0.05) is 18.9 Å². The third kappa shape index (κ3) is 2.88. The van der Waals surface area contributed by atoms with E-state index >= 15 is 0 Å². The van der Waals surface area contributed by atoms with Gasteiger partial charge >= 0.3 is 0 Å². The molecule has 0 heterocycles. The van der Waals surface area contributed by atoms with Crippen LogP contribution in [0.4, 0.5) is 0 Å². The van der Waals surface area contributed by atoms with Crippen LogP contribution in [0.2, 0.25) is 0 Å². The van der Waals surface area contributed by atoms with Gasteiger partial charge in [0.2, 0.25) is 0 Å². The van der Waals surface area contributed by atoms with Gasteiger partial charge in [0.05, 0.1) is 12.7 Å². The Morgan fingerprint density at radius 1 is 1.28 bits per heavy atom. The van der Waals surface area contributed by atoms with Crippen LogP contribution in [0, 0.1) is 0 Å². The summed E-state index contributed by atoms with van der Waals surface area (Å²) in [6, 6.07) is 7.23. The lowest BCUT2D eigenvalue weighted by molar-refractivity contribution is -0.120. The molecule has 1 fully saturated rings. The first-order valence-electron chi connectivity index (χ1n) is 6.16. The molecule has 0 atom stereocenters. The van der Waals surface area contributed by atoms with Crippen molar-refractivity contribution in [2.45, 2.75) is 31.7 Å². The summed E-state index contributed by atoms with van der Waals surface area (Å²) in [5.41, 5.74) is 0.539. The van der Waals surface area contributed by atoms with Crippen LogP contribution in [0.1, 0.15) is 36.0 Å². The van der Waals surface area contributed by atoms with Gasteiger partial charge in [0.15, 0.2) is 0 Å². The zero-order valence-corrected chi connectivity index (χ0v) is 10.4. The van der Waals surface area contributed by atoms with Gasteiger partial charge in [0.1, 0.15) is 11.5 Å². The van der Waals surface area contributed by atoms with Gasteiger partial charge in [0.25, 0.3) is 5.91 Å². The highest BCUT2D eigenvalue weighted by atomic mass is 16.5. The number of ketones is 1. The lowest BCUT2D eigenvalue weighted by Crippen LogP contribution is -2.37. The average Bonchev–Trinajstić information content (AvgIpc) is 2.41. The molecule has 1 aliphatic rings. The molecule has 1 N–H and O–H groups in total. The third-order valence-electron chi connectivity index (χ3n) is 3.23. The monoisotopic (exact) mass is 247 g/mol. The van der Waals surface area contributed by atoms with E-state index in [9.17, 15) is 9.59 Å². The van der Waals surface area contributed by atoms with E-state index in [1.165, 1.54) is 0 Å². The van der Waals surface area contributed by atoms with Crippen LogP contribution in [0.15, 0.2) is 24.3 Å². The van der Waals surface area contributed by atoms with Crippen LogP contribution >= 0.6 is 0 Å². The summed E-state index contributed by atoms with van der Waals surface area (Å²) < 4.78 is 5.16. The molecule has 1 aromatic carbocycles. The Bertz CT molecular complexity index is 446. The SMILES string of the molecule is COc1ccccc1C(=O)NC1CCC(=O)CC1. The summed E-state index contributed by atoms with van der Waals surface area (Å²) in [4.78, 5) is 23.2. The first-order valence-corrected chi connectivity index (χ1v) is 6.16. The number of carbonyl (C=O) groups excluding carboxylic acids is 2. The maximum atomic E-state index is 12.1. The number of ether oxygens (including phenoxy) is 1. The molecule has 18 heavy (non-hydrogen) atoms. The van der Waals surface area contributed by atoms with Gasteiger partial charge in [-0.15, -0.1) is 0 Å². The van der Waals surface area contributed by atoms with Crippen molar-refractivity contribution in [3.8, 4) is 5.75 Å². The molecule has 1 aromatic rings. The largest absolute Gasteiger partial charge is 0.496 e. The average molecular weight is 247 g/mol. The van der Waals surface area contributed by atoms with Gasteiger partial charge in [-0.25, -0.2) is 0 Å². The Kier molecular flexibility index (Phi) is 3.97. The van der Waals surface area contributed by atoms with Crippen LogP contribution in [0.5, 0.6) is 5.75 Å². The van der Waals surface area contributed by atoms with Gasteiger partial charge in [-0.2, -0.15) is 0 Å². The van der Waals surface area contributed by atoms with Gasteiger partial charge in [-0.1, -0.05) is 12.1 Å². The molecule has 4 nitrogen and oxygen atoms in total. The third-order valence-corrected chi connectivity index (χ3v) is 3.23. The van der Waals surface area contributed by atoms with E-state index in [2.05, 4.69) is 5.32 Å². The molecule has 1 aliphatic carbocycles. The normalized spacial score (nSPS) is 16.4. The number of amides is 1. The Morgan fingerprint density at radius 2 is 1.94 bits per heavy atom. The number of hydrogen-bond donors (Lipinski definition) is 1. The molecular formula is C14H17NO3. The van der Waals surface area contributed by atoms with E-state index in [0.717, 1.165) is 12.8 Å². The molecule has 0 unspecified atom stereocenters. The van der Waals surface area contributed by atoms with Crippen molar-refractivity contribution in [1.82, 2.24) is 5.32 Å². The summed E-state index contributed by atoms with van der Waals surface area (Å²) in [5.74, 6) is 0.728. The van der Waals surface area contributed by atoms with Crippen molar-refractivity contribution >= 4 is 11.7 Å². The van der Waals surface area contributed by atoms with Crippen molar-refractivity contribution < 1.29 is 14.3 Å². The zero-order valence-electron chi connectivity index (χ0n) is 10.4. The second-order valence-corrected chi connectivity index (χ2v) is 4.49. The number of benzene rings is 1. The van der Waals surface area contributed by atoms with Crippen molar-refractivity contribution in [1.29, 1.82) is 0 Å². The number of Topliss-reactive ketones (excluding diaryl/α,β-unsaturated/α-hetero) is 1. The van der Waals surface area contributed by atoms with E-state index in [0.29, 0.717) is 24.2 Å². The fraction of sp³-hybridized carbons (Fsp3) is 0.429. The topological polar surface area (TPSA) is 55.4 Å². The summed E-state index contributed by atoms with van der Waals surface area (Å²) in [5, 5.41) is 2.96. The fourth-order valence-electron chi connectivity index (χ4n) is 2.18. The summed E-state index contributed by atoms with van der Waals surface area (Å²) >= 11 is 0. The predicted molar refractivity (Wildman–Crippen MR) is 67.7 cm³/mol. The molecule has 0 spiro atoms. The van der Waals surface area contributed by atoms with Crippen LogP contribution in [-0.4, -0.2) is 24.8 Å². The molecule has 0 aliphatic heterocycles. The Balaban J connectivity index is 2.01. The molecule has 1 amide bonds. The maximum Gasteiger partial charge on any atom is 0.255 e. The van der Waals surface area contributed by atoms with Crippen LogP contribution in [-0.2, 0) is 4.79 Å². The van der Waals surface area contributed by atoms with E-state index in [1.54, 1.807) is 19.2 Å². The van der Waals surface area contributed by atoms with E-state index in [-0.39, 0.29) is 17.7 Å². The molecule has 96 valence electrons. The number of nitrogens with one attached hydrogen (secondary N) is 1. The van der Waals surface area contributed by atoms with E-state index in [4.69, 9.17) is 4.74 Å². The first kappa shape index (κ1) is 12.6. The maximum absolute atomic E-state index is 12.1. The van der Waals surface area contributed by atoms with Crippen LogP contribution < -0.4 is 10.1 Å². The minimum Gasteiger partial charge on any atom is -0.496 e. The fourth-order valence-corrected chi connectivity index (χ4v) is 2.18. The van der Waals surface area contributed by atoms with Crippen molar-refractivity contribution in [3.05, 3.63) is 29.8 Å². The molecule has 4 heteroatoms. The lowest BCUT2D eigenvalue weighted by Gasteiger charge is -2.22. The molecule has 2 rings (SSSR count). The quantitative estimate of drug-likeness (QED) is 0.888. The molecular weight excluding hydrogens is 230 g/mol. The Morgan fingerprint density at radius 3 is 2.61 bits per heavy atom. The number of carbonyl (C=O) groups is 2. The van der Waals surface area contributed by atoms with Crippen LogP contribution in [0.3, 0.4) is 0 Å². The first-order chi connectivity index (χ1) is 8.70. The number of methoxy groups -OCH3 is 1. The Labute approximate surface area is 106 Å². The second-order valence-electron chi connectivity index (χ2n) is 4.49. The molecule has 0 radical (unpaired) electrons. The second kappa shape index (κ2) is 5.67. The van der Waals surface area contributed by atoms with E-state index in [1.807, 2.05) is 12.1 Å². The summed E-state index contributed by atoms with van der Waals surface area (Å²) in [7, 11) is 1.55. The summed E-state index contributed by atoms with van der Waals surface area (Å²) in [6.45, 7) is 0. The molecule has 0 saturated heterocycles. The van der Waals surface area contributed by atoms with E-state index < -0.39 is 0 Å². The van der Waals surface area contributed by atoms with Crippen molar-refractivity contribution in [2.24, 2.45) is 0 Å². The molecule has 0 aromatic heterocycles. The lowest BCUT2D eigenvalue weighted by atomic mass is 9.94. The molecule has 0 bridgehead atoms. The number of rotatable bonds is 3. The smallest absolute Gasteiger partial charge is 0.255 e. The minimum absolute atomic E-state index is 0.0973. The van der Waals surface area contributed by atoms with Crippen molar-refractivity contribution in [3.63, 3.8) is 0 Å². The number of hydrogen-bond acceptors (Lipinski definition) is 3. The zero-order chi connectivity index (χ0) is 13.0. The highest BCUT2D eigenvalue weighted by Gasteiger charge is 2.21. The van der Waals surface area contributed by atoms with Crippen LogP contribution in [0.25, 0.3) is 0 Å².